The largest absolute Gasteiger partial charge is 0.100 e. The Bertz CT molecular complexity index is 333. The van der Waals surface area contributed by atoms with E-state index in [4.69, 9.17) is 0 Å². The van der Waals surface area contributed by atoms with Crippen LogP contribution in [-0.4, -0.2) is 15.7 Å². The van der Waals surface area contributed by atoms with Crippen LogP contribution in [0.15, 0.2) is 0 Å². The van der Waals surface area contributed by atoms with Crippen LogP contribution in [0.5, 0.6) is 0 Å². The van der Waals surface area contributed by atoms with Gasteiger partial charge in [0.05, 0.1) is 0 Å². The van der Waals surface area contributed by atoms with Gasteiger partial charge >= 0.3 is 0 Å². The summed E-state index contributed by atoms with van der Waals surface area (Å²) in [5.41, 5.74) is 0.437. The van der Waals surface area contributed by atoms with Crippen molar-refractivity contribution in [3.05, 3.63) is 0 Å². The third-order valence-electron chi connectivity index (χ3n) is 7.99. The molecule has 0 nitrogen and oxygen atoms in total. The van der Waals surface area contributed by atoms with E-state index in [-0.39, 0.29) is 0 Å². The van der Waals surface area contributed by atoms with Crippen LogP contribution in [0.3, 0.4) is 0 Å². The first-order valence-electron chi connectivity index (χ1n) is 9.34. The van der Waals surface area contributed by atoms with Crippen molar-refractivity contribution in [1.29, 1.82) is 0 Å². The standard InChI is InChI=1S/C18H34B2/c1-17(2,3)18(19,20)16-14-10-6-4-8-12(14)13-9-5-7-11-15(13)16/h12-16H,4-11,19-20H2,1-3H3. The first-order chi connectivity index (χ1) is 9.34. The topological polar surface area (TPSA) is 0 Å². The van der Waals surface area contributed by atoms with Gasteiger partial charge in [-0.25, -0.2) is 0 Å². The molecule has 3 saturated carbocycles. The minimum atomic E-state index is 0.437. The molecular weight excluding hydrogens is 238 g/mol. The molecule has 0 amide bonds. The molecule has 0 saturated heterocycles. The molecule has 0 aromatic carbocycles. The van der Waals surface area contributed by atoms with Gasteiger partial charge in [0, 0.05) is 0 Å². The van der Waals surface area contributed by atoms with E-state index in [0.717, 1.165) is 29.6 Å². The quantitative estimate of drug-likeness (QED) is 0.639. The summed E-state index contributed by atoms with van der Waals surface area (Å²) in [7, 11) is 5.20. The molecular formula is C18H34B2. The van der Waals surface area contributed by atoms with E-state index in [1.54, 1.807) is 25.7 Å². The van der Waals surface area contributed by atoms with Gasteiger partial charge in [0.1, 0.15) is 15.7 Å². The molecule has 0 spiro atoms. The molecule has 112 valence electrons. The molecule has 2 heteroatoms. The lowest BCUT2D eigenvalue weighted by Gasteiger charge is -2.50. The molecule has 3 aliphatic rings. The smallest absolute Gasteiger partial charge is 0.0766 e. The fraction of sp³-hybridized carbons (Fsp3) is 1.00. The summed E-state index contributed by atoms with van der Waals surface area (Å²) < 4.78 is 0. The normalized spacial score (nSPS) is 42.0. The van der Waals surface area contributed by atoms with Gasteiger partial charge in [0.15, 0.2) is 0 Å². The van der Waals surface area contributed by atoms with E-state index in [2.05, 4.69) is 36.5 Å². The van der Waals surface area contributed by atoms with Gasteiger partial charge in [0.2, 0.25) is 0 Å². The van der Waals surface area contributed by atoms with Crippen LogP contribution in [0.1, 0.15) is 72.1 Å². The fourth-order valence-corrected chi connectivity index (χ4v) is 6.22. The summed E-state index contributed by atoms with van der Waals surface area (Å²) in [5.74, 6) is 5.32. The van der Waals surface area contributed by atoms with Crippen LogP contribution in [0.25, 0.3) is 0 Å². The minimum Gasteiger partial charge on any atom is -0.0766 e. The number of rotatable bonds is 1. The molecule has 3 rings (SSSR count). The molecule has 0 aliphatic heterocycles. The van der Waals surface area contributed by atoms with Gasteiger partial charge in [-0.05, 0) is 60.7 Å². The zero-order valence-corrected chi connectivity index (χ0v) is 14.5. The summed E-state index contributed by atoms with van der Waals surface area (Å²) in [5, 5.41) is 0.490. The number of hydrogen-bond donors (Lipinski definition) is 0. The summed E-state index contributed by atoms with van der Waals surface area (Å²) in [4.78, 5) is 0. The Morgan fingerprint density at radius 2 is 1.00 bits per heavy atom. The molecule has 0 heterocycles. The maximum Gasteiger partial charge on any atom is 0.100 e. The highest BCUT2D eigenvalue weighted by atomic mass is 14.6. The van der Waals surface area contributed by atoms with Crippen molar-refractivity contribution < 1.29 is 0 Å². The molecule has 0 aromatic rings. The summed E-state index contributed by atoms with van der Waals surface area (Å²) >= 11 is 0. The fourth-order valence-electron chi connectivity index (χ4n) is 6.22. The third-order valence-corrected chi connectivity index (χ3v) is 7.99. The van der Waals surface area contributed by atoms with E-state index in [9.17, 15) is 0 Å². The van der Waals surface area contributed by atoms with Crippen molar-refractivity contribution in [3.63, 3.8) is 0 Å². The van der Waals surface area contributed by atoms with E-state index in [0.29, 0.717) is 10.6 Å². The Kier molecular flexibility index (Phi) is 3.83. The lowest BCUT2D eigenvalue weighted by molar-refractivity contribution is 0.135. The second-order valence-corrected chi connectivity index (χ2v) is 9.72. The van der Waals surface area contributed by atoms with Crippen molar-refractivity contribution in [2.75, 3.05) is 0 Å². The lowest BCUT2D eigenvalue weighted by atomic mass is 9.36. The van der Waals surface area contributed by atoms with Crippen LogP contribution in [0, 0.1) is 35.0 Å². The van der Waals surface area contributed by atoms with Gasteiger partial charge in [-0.3, -0.25) is 0 Å². The van der Waals surface area contributed by atoms with Gasteiger partial charge in [0.25, 0.3) is 0 Å². The Balaban J connectivity index is 1.95. The average molecular weight is 272 g/mol. The Labute approximate surface area is 128 Å². The van der Waals surface area contributed by atoms with Crippen LogP contribution in [0.2, 0.25) is 5.21 Å². The van der Waals surface area contributed by atoms with Crippen molar-refractivity contribution in [2.45, 2.75) is 77.4 Å². The van der Waals surface area contributed by atoms with Gasteiger partial charge in [-0.15, -0.1) is 0 Å². The van der Waals surface area contributed by atoms with Crippen LogP contribution in [0.4, 0.5) is 0 Å². The molecule has 0 radical (unpaired) electrons. The molecule has 3 fully saturated rings. The van der Waals surface area contributed by atoms with Crippen molar-refractivity contribution >= 4 is 15.7 Å². The SMILES string of the molecule is BC(B)(C1C2CCCCC2C2CCCCC21)C(C)(C)C. The lowest BCUT2D eigenvalue weighted by Crippen LogP contribution is -2.42. The zero-order chi connectivity index (χ0) is 14.5. The highest BCUT2D eigenvalue weighted by Gasteiger charge is 2.57. The predicted octanol–water partition coefficient (Wildman–Crippen LogP) is 3.66. The van der Waals surface area contributed by atoms with Gasteiger partial charge < -0.3 is 0 Å². The van der Waals surface area contributed by atoms with E-state index in [1.165, 1.54) is 25.7 Å². The third kappa shape index (κ3) is 2.20. The summed E-state index contributed by atoms with van der Waals surface area (Å²) in [6, 6.07) is 0. The second kappa shape index (κ2) is 5.10. The van der Waals surface area contributed by atoms with Crippen molar-refractivity contribution in [1.82, 2.24) is 0 Å². The first kappa shape index (κ1) is 15.0. The maximum atomic E-state index is 2.60. The minimum absolute atomic E-state index is 0.437. The number of fused-ring (bicyclic) bond motifs is 3. The second-order valence-electron chi connectivity index (χ2n) is 9.72. The maximum absolute atomic E-state index is 2.60. The van der Waals surface area contributed by atoms with Crippen LogP contribution < -0.4 is 0 Å². The predicted molar refractivity (Wildman–Crippen MR) is 93.6 cm³/mol. The van der Waals surface area contributed by atoms with E-state index < -0.39 is 0 Å². The Morgan fingerprint density at radius 1 is 0.650 bits per heavy atom. The van der Waals surface area contributed by atoms with E-state index >= 15 is 0 Å². The Hall–Kier alpha value is 0.130. The summed E-state index contributed by atoms with van der Waals surface area (Å²) in [6.45, 7) is 7.46. The highest BCUT2D eigenvalue weighted by Crippen LogP contribution is 2.65. The molecule has 0 bridgehead atoms. The molecule has 4 unspecified atom stereocenters. The van der Waals surface area contributed by atoms with Gasteiger partial charge in [-0.2, -0.15) is 0 Å². The number of hydrogen-bond acceptors (Lipinski definition) is 0. The zero-order valence-electron chi connectivity index (χ0n) is 14.5. The molecule has 20 heavy (non-hydrogen) atoms. The van der Waals surface area contributed by atoms with E-state index in [1.807, 2.05) is 0 Å². The van der Waals surface area contributed by atoms with Gasteiger partial charge in [-0.1, -0.05) is 51.7 Å². The monoisotopic (exact) mass is 272 g/mol. The average Bonchev–Trinajstić information content (AvgIpc) is 2.72. The molecule has 0 aromatic heterocycles. The summed E-state index contributed by atoms with van der Waals surface area (Å²) in [6.07, 6.45) is 12.3. The van der Waals surface area contributed by atoms with Crippen molar-refractivity contribution in [2.24, 2.45) is 35.0 Å². The molecule has 4 atom stereocenters. The molecule has 0 N–H and O–H groups in total. The van der Waals surface area contributed by atoms with Crippen molar-refractivity contribution in [3.8, 4) is 0 Å². The van der Waals surface area contributed by atoms with Crippen LogP contribution >= 0.6 is 0 Å². The first-order valence-corrected chi connectivity index (χ1v) is 9.34. The molecule has 3 aliphatic carbocycles. The highest BCUT2D eigenvalue weighted by molar-refractivity contribution is 6.40. The van der Waals surface area contributed by atoms with Crippen LogP contribution in [-0.2, 0) is 0 Å². The Morgan fingerprint density at radius 3 is 1.35 bits per heavy atom.